The van der Waals surface area contributed by atoms with Crippen LogP contribution in [-0.2, 0) is 0 Å². The lowest BCUT2D eigenvalue weighted by molar-refractivity contribution is 0.102. The van der Waals surface area contributed by atoms with Crippen LogP contribution in [0.25, 0.3) is 0 Å². The van der Waals surface area contributed by atoms with Gasteiger partial charge in [-0.05, 0) is 62.8 Å². The van der Waals surface area contributed by atoms with Gasteiger partial charge in [-0.25, -0.2) is 8.78 Å². The third kappa shape index (κ3) is 5.87. The van der Waals surface area contributed by atoms with E-state index < -0.39 is 17.5 Å². The highest BCUT2D eigenvalue weighted by molar-refractivity contribution is 6.06. The average molecular weight is 510 g/mol. The van der Waals surface area contributed by atoms with Crippen molar-refractivity contribution in [2.24, 2.45) is 0 Å². The predicted molar refractivity (Wildman–Crippen MR) is 138 cm³/mol. The smallest absolute Gasteiger partial charge is 0.259 e. The van der Waals surface area contributed by atoms with E-state index in [2.05, 4.69) is 30.4 Å². The van der Waals surface area contributed by atoms with Gasteiger partial charge in [-0.15, -0.1) is 0 Å². The van der Waals surface area contributed by atoms with Gasteiger partial charge in [-0.3, -0.25) is 4.79 Å². The Morgan fingerprint density at radius 2 is 1.35 bits per heavy atom. The van der Waals surface area contributed by atoms with Crippen LogP contribution in [0, 0.1) is 11.6 Å². The van der Waals surface area contributed by atoms with Crippen LogP contribution in [-0.4, -0.2) is 52.1 Å². The first kappa shape index (κ1) is 24.7. The van der Waals surface area contributed by atoms with Crippen molar-refractivity contribution >= 4 is 35.1 Å². The highest BCUT2D eigenvalue weighted by atomic mass is 19.2. The predicted octanol–water partition coefficient (Wildman–Crippen LogP) is 4.83. The molecule has 3 heterocycles. The van der Waals surface area contributed by atoms with Gasteiger partial charge in [0.1, 0.15) is 5.75 Å². The van der Waals surface area contributed by atoms with Crippen molar-refractivity contribution in [2.45, 2.75) is 38.5 Å². The maximum absolute atomic E-state index is 13.5. The number of rotatable bonds is 6. The molecule has 2 aliphatic rings. The quantitative estimate of drug-likeness (QED) is 0.434. The number of nitrogens with zero attached hydrogens (tertiary/aromatic N) is 5. The largest absolute Gasteiger partial charge is 0.507 e. The summed E-state index contributed by atoms with van der Waals surface area (Å²) in [7, 11) is 0. The number of halogens is 2. The molecule has 2 aromatic carbocycles. The number of benzene rings is 2. The Hall–Kier alpha value is -4.02. The normalized spacial score (nSPS) is 15.9. The fourth-order valence-electron chi connectivity index (χ4n) is 4.58. The van der Waals surface area contributed by atoms with Crippen LogP contribution >= 0.6 is 0 Å². The molecule has 11 heteroatoms. The van der Waals surface area contributed by atoms with E-state index >= 15 is 0 Å². The Labute approximate surface area is 213 Å². The van der Waals surface area contributed by atoms with Crippen molar-refractivity contribution in [2.75, 3.05) is 46.6 Å². The van der Waals surface area contributed by atoms with E-state index in [0.717, 1.165) is 64.0 Å². The minimum atomic E-state index is -1.08. The van der Waals surface area contributed by atoms with Gasteiger partial charge in [0.25, 0.3) is 5.91 Å². The second kappa shape index (κ2) is 10.9. The second-order valence-electron chi connectivity index (χ2n) is 9.29. The lowest BCUT2D eigenvalue weighted by Crippen LogP contribution is -2.34. The molecule has 5 rings (SSSR count). The van der Waals surface area contributed by atoms with Gasteiger partial charge in [0, 0.05) is 49.7 Å². The van der Waals surface area contributed by atoms with E-state index in [0.29, 0.717) is 23.5 Å². The number of aromatic nitrogens is 3. The van der Waals surface area contributed by atoms with E-state index in [-0.39, 0.29) is 17.0 Å². The summed E-state index contributed by atoms with van der Waals surface area (Å²) >= 11 is 0. The Kier molecular flexibility index (Phi) is 7.29. The zero-order valence-electron chi connectivity index (χ0n) is 20.4. The van der Waals surface area contributed by atoms with E-state index in [9.17, 15) is 18.7 Å². The summed E-state index contributed by atoms with van der Waals surface area (Å²) in [6.07, 6.45) is 6.76. The molecule has 0 unspecified atom stereocenters. The minimum absolute atomic E-state index is 0.0195. The Bertz CT molecular complexity index is 1240. The fraction of sp³-hybridized carbons (Fsp3) is 0.385. The molecule has 0 spiro atoms. The molecule has 2 saturated heterocycles. The van der Waals surface area contributed by atoms with Crippen LogP contribution in [0.4, 0.5) is 38.0 Å². The van der Waals surface area contributed by atoms with Crippen LogP contribution in [0.1, 0.15) is 48.9 Å². The zero-order chi connectivity index (χ0) is 25.8. The lowest BCUT2D eigenvalue weighted by atomic mass is 10.1. The number of carbonyl (C=O) groups is 1. The monoisotopic (exact) mass is 509 g/mol. The Balaban J connectivity index is 1.36. The highest BCUT2D eigenvalue weighted by Gasteiger charge is 2.21. The molecular weight excluding hydrogens is 480 g/mol. The molecule has 1 amide bonds. The highest BCUT2D eigenvalue weighted by Crippen LogP contribution is 2.27. The summed E-state index contributed by atoms with van der Waals surface area (Å²) < 4.78 is 26.6. The molecule has 9 nitrogen and oxygen atoms in total. The number of hydrogen-bond donors (Lipinski definition) is 3. The summed E-state index contributed by atoms with van der Waals surface area (Å²) in [5, 5.41) is 16.1. The fourth-order valence-corrected chi connectivity index (χ4v) is 4.58. The van der Waals surface area contributed by atoms with Gasteiger partial charge in [0.2, 0.25) is 17.8 Å². The first-order valence-electron chi connectivity index (χ1n) is 12.6. The van der Waals surface area contributed by atoms with Crippen molar-refractivity contribution in [1.29, 1.82) is 0 Å². The number of phenols is 1. The van der Waals surface area contributed by atoms with Gasteiger partial charge in [-0.2, -0.15) is 15.0 Å². The number of nitrogens with one attached hydrogen (secondary N) is 2. The van der Waals surface area contributed by atoms with Crippen LogP contribution in [0.5, 0.6) is 5.75 Å². The molecule has 3 aromatic rings. The molecule has 2 aliphatic heterocycles. The molecule has 0 atom stereocenters. The van der Waals surface area contributed by atoms with Gasteiger partial charge in [0.15, 0.2) is 11.6 Å². The summed E-state index contributed by atoms with van der Waals surface area (Å²) in [6.45, 7) is 3.58. The molecule has 194 valence electrons. The molecule has 37 heavy (non-hydrogen) atoms. The van der Waals surface area contributed by atoms with Crippen molar-refractivity contribution in [3.63, 3.8) is 0 Å². The number of amides is 1. The molecule has 2 fully saturated rings. The standard InChI is InChI=1S/C26H29F2N7O2/c27-20-10-8-17(15-21(20)28)29-23(37)19-9-7-18(16-22(19)36)30-24-31-25(34-11-3-1-4-12-34)33-26(32-24)35-13-5-2-6-14-35/h7-10,15-16,36H,1-6,11-14H2,(H,29,37)(H,30,31,32,33). The first-order chi connectivity index (χ1) is 18.0. The van der Waals surface area contributed by atoms with Crippen LogP contribution in [0.3, 0.4) is 0 Å². The summed E-state index contributed by atoms with van der Waals surface area (Å²) in [4.78, 5) is 31.0. The topological polar surface area (TPSA) is 107 Å². The third-order valence-electron chi connectivity index (χ3n) is 6.57. The van der Waals surface area contributed by atoms with Crippen molar-refractivity contribution in [3.8, 4) is 5.75 Å². The molecule has 0 saturated carbocycles. The number of piperidine rings is 2. The number of hydrogen-bond acceptors (Lipinski definition) is 8. The van der Waals surface area contributed by atoms with Crippen LogP contribution in [0.2, 0.25) is 0 Å². The summed E-state index contributed by atoms with van der Waals surface area (Å²) in [5.41, 5.74) is 0.544. The molecule has 0 aliphatic carbocycles. The van der Waals surface area contributed by atoms with Crippen molar-refractivity contribution < 1.29 is 18.7 Å². The summed E-state index contributed by atoms with van der Waals surface area (Å²) in [5.74, 6) is -1.42. The average Bonchev–Trinajstić information content (AvgIpc) is 2.91. The molecule has 0 radical (unpaired) electrons. The zero-order valence-corrected chi connectivity index (χ0v) is 20.4. The van der Waals surface area contributed by atoms with Crippen LogP contribution < -0.4 is 20.4 Å². The van der Waals surface area contributed by atoms with Gasteiger partial charge in [0.05, 0.1) is 5.56 Å². The SMILES string of the molecule is O=C(Nc1ccc(F)c(F)c1)c1ccc(Nc2nc(N3CCCCC3)nc(N3CCCCC3)n2)cc1O. The minimum Gasteiger partial charge on any atom is -0.507 e. The first-order valence-corrected chi connectivity index (χ1v) is 12.6. The lowest BCUT2D eigenvalue weighted by Gasteiger charge is -2.30. The molecule has 3 N–H and O–H groups in total. The summed E-state index contributed by atoms with van der Waals surface area (Å²) in [6, 6.07) is 7.48. The number of phenolic OH excluding ortho intramolecular Hbond substituents is 1. The van der Waals surface area contributed by atoms with E-state index in [1.54, 1.807) is 6.07 Å². The third-order valence-corrected chi connectivity index (χ3v) is 6.57. The Morgan fingerprint density at radius 3 is 1.92 bits per heavy atom. The van der Waals surface area contributed by atoms with Crippen molar-refractivity contribution in [1.82, 2.24) is 15.0 Å². The number of aromatic hydroxyl groups is 1. The van der Waals surface area contributed by atoms with E-state index in [1.807, 2.05) is 0 Å². The Morgan fingerprint density at radius 1 is 0.757 bits per heavy atom. The van der Waals surface area contributed by atoms with E-state index in [1.165, 1.54) is 31.0 Å². The van der Waals surface area contributed by atoms with Crippen molar-refractivity contribution in [3.05, 3.63) is 53.6 Å². The number of carbonyl (C=O) groups excluding carboxylic acids is 1. The van der Waals surface area contributed by atoms with E-state index in [4.69, 9.17) is 4.98 Å². The molecule has 1 aromatic heterocycles. The second-order valence-corrected chi connectivity index (χ2v) is 9.29. The van der Waals surface area contributed by atoms with Gasteiger partial charge in [-0.1, -0.05) is 0 Å². The maximum atomic E-state index is 13.5. The number of anilines is 5. The molecule has 0 bridgehead atoms. The maximum Gasteiger partial charge on any atom is 0.259 e. The van der Waals surface area contributed by atoms with Gasteiger partial charge < -0.3 is 25.5 Å². The molecular formula is C26H29F2N7O2. The van der Waals surface area contributed by atoms with Crippen LogP contribution in [0.15, 0.2) is 36.4 Å². The van der Waals surface area contributed by atoms with Gasteiger partial charge >= 0.3 is 0 Å².